The van der Waals surface area contributed by atoms with Crippen molar-refractivity contribution in [2.45, 2.75) is 29.7 Å². The first-order valence-electron chi connectivity index (χ1n) is 5.36. The molecule has 0 spiro atoms. The molecule has 2 heteroatoms. The van der Waals surface area contributed by atoms with Crippen LogP contribution in [0.5, 0.6) is 0 Å². The molecule has 0 aliphatic heterocycles. The molecule has 1 rings (SSSR count). The smallest absolute Gasteiger partial charge is 0.251 e. The van der Waals surface area contributed by atoms with Gasteiger partial charge in [-0.05, 0) is 18.4 Å². The van der Waals surface area contributed by atoms with Gasteiger partial charge in [-0.2, -0.15) is 0 Å². The number of aryl methyl sites for hydroxylation is 1. The summed E-state index contributed by atoms with van der Waals surface area (Å²) >= 11 is -0.519. The first-order valence-corrected chi connectivity index (χ1v) is 8.48. The third kappa shape index (κ3) is 4.26. The number of hydrogen-bond acceptors (Lipinski definition) is 0. The van der Waals surface area contributed by atoms with Crippen molar-refractivity contribution in [3.63, 3.8) is 0 Å². The lowest BCUT2D eigenvalue weighted by Gasteiger charge is -2.04. The Balaban J connectivity index is 2.59. The molecule has 0 N–H and O–H groups in total. The Morgan fingerprint density at radius 2 is 1.93 bits per heavy atom. The summed E-state index contributed by atoms with van der Waals surface area (Å²) in [6.45, 7) is -0.205. The Labute approximate surface area is 90.5 Å². The highest BCUT2D eigenvalue weighted by atomic mass is 27.2. The van der Waals surface area contributed by atoms with Crippen molar-refractivity contribution in [3.05, 3.63) is 35.4 Å². The highest BCUT2D eigenvalue weighted by Crippen LogP contribution is 2.09. The summed E-state index contributed by atoms with van der Waals surface area (Å²) in [5.74, 6) is 4.71. The highest BCUT2D eigenvalue weighted by molar-refractivity contribution is 6.55. The van der Waals surface area contributed by atoms with E-state index in [0.29, 0.717) is 6.42 Å². The molecule has 0 nitrogen and oxygen atoms in total. The first-order chi connectivity index (χ1) is 6.72. The standard InChI is InChI=1S/C10H12F.2CH3.Al/c1-9-4-2-5-10(8-9)6-3-7-11;;;/h2,4-5,8H,1,3,6-7H2;2*1H3;. The summed E-state index contributed by atoms with van der Waals surface area (Å²) < 4.78 is 12.0. The molecule has 0 aliphatic carbocycles. The van der Waals surface area contributed by atoms with E-state index in [1.807, 2.05) is 0 Å². The fourth-order valence-electron chi connectivity index (χ4n) is 1.65. The minimum atomic E-state index is -0.519. The van der Waals surface area contributed by atoms with E-state index >= 15 is 0 Å². The zero-order valence-corrected chi connectivity index (χ0v) is 10.2. The molecule has 0 aliphatic rings. The van der Waals surface area contributed by atoms with Crippen molar-refractivity contribution >= 4 is 14.1 Å². The quantitative estimate of drug-likeness (QED) is 0.650. The molecular formula is C12H18AlF. The van der Waals surface area contributed by atoms with E-state index < -0.39 is 14.1 Å². The lowest BCUT2D eigenvalue weighted by Crippen LogP contribution is -2.05. The van der Waals surface area contributed by atoms with Crippen LogP contribution in [0.4, 0.5) is 4.39 Å². The van der Waals surface area contributed by atoms with Gasteiger partial charge in [0.25, 0.3) is 14.1 Å². The second kappa shape index (κ2) is 6.22. The molecule has 0 unspecified atom stereocenters. The summed E-state index contributed by atoms with van der Waals surface area (Å²) in [6.07, 6.45) is 1.53. The van der Waals surface area contributed by atoms with Crippen LogP contribution in [0, 0.1) is 0 Å². The SMILES string of the molecule is [CH3][Al]([CH3])[CH2]c1cccc(CCCF)c1. The molecule has 0 saturated heterocycles. The van der Waals surface area contributed by atoms with Gasteiger partial charge in [-0.1, -0.05) is 35.1 Å². The van der Waals surface area contributed by atoms with Crippen LogP contribution in [0.2, 0.25) is 11.6 Å². The largest absolute Gasteiger partial charge is 0.260 e. The van der Waals surface area contributed by atoms with Crippen LogP contribution in [0.1, 0.15) is 17.5 Å². The van der Waals surface area contributed by atoms with Gasteiger partial charge in [0.15, 0.2) is 0 Å². The van der Waals surface area contributed by atoms with Gasteiger partial charge in [0, 0.05) is 0 Å². The zero-order chi connectivity index (χ0) is 10.4. The van der Waals surface area contributed by atoms with E-state index in [-0.39, 0.29) is 6.67 Å². The summed E-state index contributed by atoms with van der Waals surface area (Å²) in [5, 5.41) is 1.25. The van der Waals surface area contributed by atoms with Crippen LogP contribution in [0.3, 0.4) is 0 Å². The predicted octanol–water partition coefficient (Wildman–Crippen LogP) is 3.42. The van der Waals surface area contributed by atoms with Crippen molar-refractivity contribution in [1.82, 2.24) is 0 Å². The van der Waals surface area contributed by atoms with E-state index in [1.54, 1.807) is 0 Å². The summed E-state index contributed by atoms with van der Waals surface area (Å²) in [6, 6.07) is 8.62. The van der Waals surface area contributed by atoms with Gasteiger partial charge in [0.1, 0.15) is 0 Å². The summed E-state index contributed by atoms with van der Waals surface area (Å²) in [4.78, 5) is 0. The Hall–Kier alpha value is -0.318. The van der Waals surface area contributed by atoms with E-state index in [9.17, 15) is 4.39 Å². The molecule has 0 heterocycles. The summed E-state index contributed by atoms with van der Waals surface area (Å²) in [5.41, 5.74) is 2.72. The third-order valence-electron chi connectivity index (χ3n) is 2.23. The average molecular weight is 208 g/mol. The van der Waals surface area contributed by atoms with Crippen molar-refractivity contribution in [2.24, 2.45) is 0 Å². The van der Waals surface area contributed by atoms with E-state index in [1.165, 1.54) is 16.4 Å². The van der Waals surface area contributed by atoms with Gasteiger partial charge < -0.3 is 0 Å². The molecule has 0 amide bonds. The molecule has 0 atom stereocenters. The second-order valence-electron chi connectivity index (χ2n) is 4.21. The molecule has 0 aromatic heterocycles. The Kier molecular flexibility index (Phi) is 5.22. The van der Waals surface area contributed by atoms with Gasteiger partial charge in [-0.3, -0.25) is 4.39 Å². The predicted molar refractivity (Wildman–Crippen MR) is 61.9 cm³/mol. The minimum absolute atomic E-state index is 0.205. The van der Waals surface area contributed by atoms with E-state index in [0.717, 1.165) is 6.42 Å². The molecule has 14 heavy (non-hydrogen) atoms. The monoisotopic (exact) mass is 208 g/mol. The van der Waals surface area contributed by atoms with Gasteiger partial charge >= 0.3 is 0 Å². The van der Waals surface area contributed by atoms with Crippen LogP contribution in [-0.4, -0.2) is 20.8 Å². The number of rotatable bonds is 5. The number of alkyl halides is 1. The molecule has 1 aromatic rings. The van der Waals surface area contributed by atoms with Gasteiger partial charge in [0.05, 0.1) is 6.67 Å². The maximum atomic E-state index is 12.0. The van der Waals surface area contributed by atoms with E-state index in [4.69, 9.17) is 0 Å². The maximum Gasteiger partial charge on any atom is 0.260 e. The van der Waals surface area contributed by atoms with Crippen molar-refractivity contribution in [3.8, 4) is 0 Å². The molecule has 0 fully saturated rings. The van der Waals surface area contributed by atoms with Gasteiger partial charge in [0.2, 0.25) is 0 Å². The summed E-state index contributed by atoms with van der Waals surface area (Å²) in [7, 11) is 0. The van der Waals surface area contributed by atoms with Crippen LogP contribution in [0.15, 0.2) is 24.3 Å². The van der Waals surface area contributed by atoms with Crippen molar-refractivity contribution in [1.29, 1.82) is 0 Å². The van der Waals surface area contributed by atoms with E-state index in [2.05, 4.69) is 35.8 Å². The van der Waals surface area contributed by atoms with Gasteiger partial charge in [-0.15, -0.1) is 11.6 Å². The Morgan fingerprint density at radius 1 is 1.21 bits per heavy atom. The molecule has 1 aromatic carbocycles. The first kappa shape index (κ1) is 11.8. The van der Waals surface area contributed by atoms with Crippen LogP contribution >= 0.6 is 0 Å². The average Bonchev–Trinajstić information content (AvgIpc) is 2.14. The minimum Gasteiger partial charge on any atom is -0.251 e. The second-order valence-corrected chi connectivity index (χ2v) is 7.41. The Morgan fingerprint density at radius 3 is 2.57 bits per heavy atom. The fourth-order valence-corrected chi connectivity index (χ4v) is 2.85. The van der Waals surface area contributed by atoms with Gasteiger partial charge in [-0.25, -0.2) is 0 Å². The maximum absolute atomic E-state index is 12.0. The fraction of sp³-hybridized carbons (Fsp3) is 0.500. The lowest BCUT2D eigenvalue weighted by atomic mass is 10.1. The van der Waals surface area contributed by atoms with Crippen LogP contribution in [-0.2, 0) is 11.7 Å². The molecular weight excluding hydrogens is 190 g/mol. The third-order valence-corrected chi connectivity index (χ3v) is 3.52. The Bertz CT molecular complexity index is 271. The zero-order valence-electron chi connectivity index (χ0n) is 9.09. The molecule has 76 valence electrons. The number of benzene rings is 1. The number of hydrogen-bond donors (Lipinski definition) is 0. The highest BCUT2D eigenvalue weighted by Gasteiger charge is 2.03. The molecule has 0 saturated carbocycles. The molecule has 0 bridgehead atoms. The topological polar surface area (TPSA) is 0 Å². The van der Waals surface area contributed by atoms with Crippen LogP contribution < -0.4 is 0 Å². The van der Waals surface area contributed by atoms with Crippen LogP contribution in [0.25, 0.3) is 0 Å². The normalized spacial score (nSPS) is 10.2. The van der Waals surface area contributed by atoms with Crippen molar-refractivity contribution < 1.29 is 4.39 Å². The number of halogens is 1. The molecule has 0 radical (unpaired) electrons. The lowest BCUT2D eigenvalue weighted by molar-refractivity contribution is 0.473. The van der Waals surface area contributed by atoms with Crippen molar-refractivity contribution in [2.75, 3.05) is 6.67 Å².